The molecule has 1 aromatic rings. The normalized spacial score (nSPS) is 17.7. The van der Waals surface area contributed by atoms with E-state index in [9.17, 15) is 9.18 Å². The van der Waals surface area contributed by atoms with Crippen LogP contribution in [-0.4, -0.2) is 35.2 Å². The minimum Gasteiger partial charge on any atom is -0.395 e. The number of halogens is 1. The molecule has 0 bridgehead atoms. The van der Waals surface area contributed by atoms with Gasteiger partial charge < -0.3 is 10.4 Å². The van der Waals surface area contributed by atoms with Gasteiger partial charge in [-0.25, -0.2) is 4.39 Å². The molecule has 1 unspecified atom stereocenters. The van der Waals surface area contributed by atoms with Crippen molar-refractivity contribution < 1.29 is 14.3 Å². The smallest absolute Gasteiger partial charge is 0.254 e. The molecule has 0 aromatic heterocycles. The lowest BCUT2D eigenvalue weighted by molar-refractivity contribution is 0.0934. The molecule has 112 valence electrons. The van der Waals surface area contributed by atoms with E-state index >= 15 is 0 Å². The summed E-state index contributed by atoms with van der Waals surface area (Å²) in [5, 5.41) is 11.5. The van der Waals surface area contributed by atoms with E-state index in [1.54, 1.807) is 6.07 Å². The second-order valence-electron chi connectivity index (χ2n) is 4.86. The molecule has 0 spiro atoms. The Kier molecular flexibility index (Phi) is 6.09. The fourth-order valence-electron chi connectivity index (χ4n) is 2.12. The van der Waals surface area contributed by atoms with Crippen LogP contribution in [0.1, 0.15) is 35.2 Å². The molecular weight excluding hydrogens is 289 g/mol. The molecule has 1 heterocycles. The highest BCUT2D eigenvalue weighted by Gasteiger charge is 2.19. The largest absolute Gasteiger partial charge is 0.395 e. The highest BCUT2D eigenvalue weighted by atomic mass is 32.2. The molecule has 1 atom stereocenters. The Hall–Kier alpha value is -1.51. The summed E-state index contributed by atoms with van der Waals surface area (Å²) in [6.45, 7) is -0.0185. The molecule has 5 heteroatoms. The topological polar surface area (TPSA) is 49.3 Å². The van der Waals surface area contributed by atoms with Gasteiger partial charge in [-0.15, -0.1) is 0 Å². The van der Waals surface area contributed by atoms with Crippen molar-refractivity contribution in [3.63, 3.8) is 0 Å². The van der Waals surface area contributed by atoms with Gasteiger partial charge in [0.25, 0.3) is 5.91 Å². The van der Waals surface area contributed by atoms with Crippen LogP contribution in [0.25, 0.3) is 0 Å². The molecular formula is C16H18FNO2S. The van der Waals surface area contributed by atoms with Crippen molar-refractivity contribution in [2.45, 2.75) is 25.3 Å². The van der Waals surface area contributed by atoms with Gasteiger partial charge >= 0.3 is 0 Å². The monoisotopic (exact) mass is 307 g/mol. The quantitative estimate of drug-likeness (QED) is 0.842. The standard InChI is InChI=1S/C16H18FNO2S/c17-15-10-12(4-1-2-8-19)6-7-14(15)16(20)18-13-5-3-9-21-11-13/h6-7,10,13,19H,2-3,5,8-9,11H2,(H,18,20). The molecule has 1 aromatic carbocycles. The number of aliphatic hydroxyl groups excluding tert-OH is 1. The zero-order valence-electron chi connectivity index (χ0n) is 11.7. The zero-order valence-corrected chi connectivity index (χ0v) is 12.5. The Morgan fingerprint density at radius 1 is 1.52 bits per heavy atom. The number of rotatable bonds is 3. The minimum atomic E-state index is -0.563. The molecule has 3 nitrogen and oxygen atoms in total. The van der Waals surface area contributed by atoms with Crippen LogP contribution in [0, 0.1) is 17.7 Å². The van der Waals surface area contributed by atoms with Crippen molar-refractivity contribution in [2.75, 3.05) is 18.1 Å². The van der Waals surface area contributed by atoms with Gasteiger partial charge in [0.1, 0.15) is 5.82 Å². The van der Waals surface area contributed by atoms with Gasteiger partial charge in [-0.05, 0) is 36.8 Å². The number of aliphatic hydroxyl groups is 1. The predicted octanol–water partition coefficient (Wildman–Crippen LogP) is 2.18. The van der Waals surface area contributed by atoms with E-state index in [-0.39, 0.29) is 24.1 Å². The Labute approximate surface area is 128 Å². The predicted molar refractivity (Wildman–Crippen MR) is 82.8 cm³/mol. The lowest BCUT2D eigenvalue weighted by Gasteiger charge is -2.22. The molecule has 0 radical (unpaired) electrons. The molecule has 1 aliphatic heterocycles. The maximum atomic E-state index is 14.0. The Balaban J connectivity index is 2.02. The molecule has 1 aliphatic rings. The van der Waals surface area contributed by atoms with E-state index in [1.165, 1.54) is 12.1 Å². The number of hydrogen-bond donors (Lipinski definition) is 2. The maximum absolute atomic E-state index is 14.0. The molecule has 1 saturated heterocycles. The third kappa shape index (κ3) is 4.76. The number of hydrogen-bond acceptors (Lipinski definition) is 3. The summed E-state index contributed by atoms with van der Waals surface area (Å²) < 4.78 is 14.0. The van der Waals surface area contributed by atoms with E-state index < -0.39 is 5.82 Å². The van der Waals surface area contributed by atoms with Crippen molar-refractivity contribution in [3.05, 3.63) is 35.1 Å². The van der Waals surface area contributed by atoms with E-state index in [2.05, 4.69) is 17.2 Å². The number of nitrogens with one attached hydrogen (secondary N) is 1. The number of carbonyl (C=O) groups excluding carboxylic acids is 1. The molecule has 2 N–H and O–H groups in total. The summed E-state index contributed by atoms with van der Waals surface area (Å²) in [6, 6.07) is 4.47. The average Bonchev–Trinajstić information content (AvgIpc) is 2.48. The van der Waals surface area contributed by atoms with Gasteiger partial charge in [0, 0.05) is 23.8 Å². The summed E-state index contributed by atoms with van der Waals surface area (Å²) in [5.41, 5.74) is 0.559. The second-order valence-corrected chi connectivity index (χ2v) is 6.01. The first kappa shape index (κ1) is 15.9. The fourth-order valence-corrected chi connectivity index (χ4v) is 3.19. The molecule has 1 fully saturated rings. The first-order chi connectivity index (χ1) is 10.2. The van der Waals surface area contributed by atoms with Crippen molar-refractivity contribution in [3.8, 4) is 11.8 Å². The van der Waals surface area contributed by atoms with Crippen LogP contribution in [-0.2, 0) is 0 Å². The van der Waals surface area contributed by atoms with E-state index in [0.717, 1.165) is 24.3 Å². The summed E-state index contributed by atoms with van der Waals surface area (Å²) in [7, 11) is 0. The lowest BCUT2D eigenvalue weighted by Crippen LogP contribution is -2.38. The van der Waals surface area contributed by atoms with Gasteiger partial charge in [-0.2, -0.15) is 11.8 Å². The van der Waals surface area contributed by atoms with Crippen molar-refractivity contribution in [1.82, 2.24) is 5.32 Å². The van der Waals surface area contributed by atoms with Crippen LogP contribution < -0.4 is 5.32 Å². The van der Waals surface area contributed by atoms with Crippen molar-refractivity contribution >= 4 is 17.7 Å². The highest BCUT2D eigenvalue weighted by molar-refractivity contribution is 7.99. The zero-order chi connectivity index (χ0) is 15.1. The van der Waals surface area contributed by atoms with E-state index in [0.29, 0.717) is 12.0 Å². The fraction of sp³-hybridized carbons (Fsp3) is 0.438. The first-order valence-electron chi connectivity index (χ1n) is 6.98. The van der Waals surface area contributed by atoms with Gasteiger partial charge in [-0.1, -0.05) is 11.8 Å². The highest BCUT2D eigenvalue weighted by Crippen LogP contribution is 2.18. The Morgan fingerprint density at radius 2 is 2.38 bits per heavy atom. The molecule has 0 saturated carbocycles. The van der Waals surface area contributed by atoms with Gasteiger partial charge in [-0.3, -0.25) is 4.79 Å². The number of thioether (sulfide) groups is 1. The van der Waals surface area contributed by atoms with Crippen LogP contribution in [0.5, 0.6) is 0 Å². The van der Waals surface area contributed by atoms with Crippen LogP contribution in [0.15, 0.2) is 18.2 Å². The third-order valence-electron chi connectivity index (χ3n) is 3.18. The maximum Gasteiger partial charge on any atom is 0.254 e. The van der Waals surface area contributed by atoms with E-state index in [4.69, 9.17) is 5.11 Å². The first-order valence-corrected chi connectivity index (χ1v) is 8.14. The summed E-state index contributed by atoms with van der Waals surface area (Å²) in [6.07, 6.45) is 2.38. The van der Waals surface area contributed by atoms with Gasteiger partial charge in [0.15, 0.2) is 0 Å². The number of benzene rings is 1. The lowest BCUT2D eigenvalue weighted by atomic mass is 10.1. The van der Waals surface area contributed by atoms with Crippen LogP contribution in [0.4, 0.5) is 4.39 Å². The molecule has 21 heavy (non-hydrogen) atoms. The van der Waals surface area contributed by atoms with Crippen LogP contribution in [0.3, 0.4) is 0 Å². The van der Waals surface area contributed by atoms with Gasteiger partial charge in [0.05, 0.1) is 12.2 Å². The summed E-state index contributed by atoms with van der Waals surface area (Å²) >= 11 is 1.81. The summed E-state index contributed by atoms with van der Waals surface area (Å²) in [5.74, 6) is 6.56. The number of amides is 1. The second kappa shape index (κ2) is 8.06. The third-order valence-corrected chi connectivity index (χ3v) is 4.39. The van der Waals surface area contributed by atoms with E-state index in [1.807, 2.05) is 11.8 Å². The Morgan fingerprint density at radius 3 is 3.05 bits per heavy atom. The average molecular weight is 307 g/mol. The van der Waals surface area contributed by atoms with Crippen molar-refractivity contribution in [1.29, 1.82) is 0 Å². The van der Waals surface area contributed by atoms with Crippen molar-refractivity contribution in [2.24, 2.45) is 0 Å². The number of carbonyl (C=O) groups is 1. The van der Waals surface area contributed by atoms with Crippen LogP contribution >= 0.6 is 11.8 Å². The minimum absolute atomic E-state index is 0.0185. The SMILES string of the molecule is O=C(NC1CCCSC1)c1ccc(C#CCCO)cc1F. The molecule has 2 rings (SSSR count). The van der Waals surface area contributed by atoms with Crippen LogP contribution in [0.2, 0.25) is 0 Å². The summed E-state index contributed by atoms with van der Waals surface area (Å²) in [4.78, 5) is 12.1. The molecule has 1 amide bonds. The Bertz CT molecular complexity index is 559. The van der Waals surface area contributed by atoms with Gasteiger partial charge in [0.2, 0.25) is 0 Å². The molecule has 0 aliphatic carbocycles.